The van der Waals surface area contributed by atoms with Gasteiger partial charge in [0.05, 0.1) is 11.0 Å². The summed E-state index contributed by atoms with van der Waals surface area (Å²) in [7, 11) is 0. The largest absolute Gasteiger partial charge is 0.416 e. The summed E-state index contributed by atoms with van der Waals surface area (Å²) in [6.45, 7) is 1.62. The van der Waals surface area contributed by atoms with E-state index in [2.05, 4.69) is 5.32 Å². The maximum atomic E-state index is 12.5. The summed E-state index contributed by atoms with van der Waals surface area (Å²) in [5.41, 5.74) is -1.25. The number of amides is 1. The standard InChI is InChI=1S/C13H12Cl2F3NO/c1-11(7-12(11,14)15)10(20)19-6-8-3-2-4-9(5-8)13(16,17)18/h2-5H,6-7H2,1H3,(H,19,20)/t11-/m0/s1. The number of hydrogen-bond acceptors (Lipinski definition) is 1. The molecule has 1 atom stereocenters. The first-order chi connectivity index (χ1) is 9.06. The van der Waals surface area contributed by atoms with E-state index >= 15 is 0 Å². The third kappa shape index (κ3) is 2.88. The van der Waals surface area contributed by atoms with Gasteiger partial charge in [0.15, 0.2) is 0 Å². The molecule has 0 heterocycles. The van der Waals surface area contributed by atoms with Crippen molar-refractivity contribution < 1.29 is 18.0 Å². The SMILES string of the molecule is C[C@@]1(C(=O)NCc2cccc(C(F)(F)F)c2)CC1(Cl)Cl. The fourth-order valence-corrected chi connectivity index (χ4v) is 2.59. The predicted molar refractivity (Wildman–Crippen MR) is 70.5 cm³/mol. The fraction of sp³-hybridized carbons (Fsp3) is 0.462. The van der Waals surface area contributed by atoms with E-state index in [9.17, 15) is 18.0 Å². The highest BCUT2D eigenvalue weighted by Gasteiger charge is 2.67. The number of carbonyl (C=O) groups is 1. The average molecular weight is 326 g/mol. The van der Waals surface area contributed by atoms with Crippen LogP contribution < -0.4 is 5.32 Å². The van der Waals surface area contributed by atoms with E-state index in [1.165, 1.54) is 12.1 Å². The summed E-state index contributed by atoms with van der Waals surface area (Å²) in [6, 6.07) is 4.80. The topological polar surface area (TPSA) is 29.1 Å². The first kappa shape index (κ1) is 15.4. The van der Waals surface area contributed by atoms with Crippen LogP contribution in [0.25, 0.3) is 0 Å². The number of nitrogens with one attached hydrogen (secondary N) is 1. The Morgan fingerprint density at radius 1 is 1.40 bits per heavy atom. The lowest BCUT2D eigenvalue weighted by atomic mass is 10.1. The Morgan fingerprint density at radius 3 is 2.50 bits per heavy atom. The van der Waals surface area contributed by atoms with Crippen molar-refractivity contribution in [1.82, 2.24) is 5.32 Å². The van der Waals surface area contributed by atoms with Crippen LogP contribution >= 0.6 is 23.2 Å². The Kier molecular flexibility index (Phi) is 3.71. The second-order valence-corrected chi connectivity index (χ2v) is 6.58. The lowest BCUT2D eigenvalue weighted by Gasteiger charge is -2.13. The van der Waals surface area contributed by atoms with Gasteiger partial charge in [0.2, 0.25) is 5.91 Å². The molecule has 0 aliphatic heterocycles. The molecule has 7 heteroatoms. The molecular formula is C13H12Cl2F3NO. The van der Waals surface area contributed by atoms with Gasteiger partial charge in [0.1, 0.15) is 4.33 Å². The van der Waals surface area contributed by atoms with Gasteiger partial charge in [-0.05, 0) is 31.0 Å². The molecular weight excluding hydrogens is 314 g/mol. The molecule has 0 aromatic heterocycles. The maximum Gasteiger partial charge on any atom is 0.416 e. The minimum Gasteiger partial charge on any atom is -0.351 e. The highest BCUT2D eigenvalue weighted by molar-refractivity contribution is 6.53. The van der Waals surface area contributed by atoms with Crippen LogP contribution in [0.3, 0.4) is 0 Å². The van der Waals surface area contributed by atoms with Crippen LogP contribution in [0.4, 0.5) is 13.2 Å². The van der Waals surface area contributed by atoms with Crippen LogP contribution in [0, 0.1) is 5.41 Å². The van der Waals surface area contributed by atoms with E-state index in [4.69, 9.17) is 23.2 Å². The van der Waals surface area contributed by atoms with Crippen molar-refractivity contribution in [3.05, 3.63) is 35.4 Å². The summed E-state index contributed by atoms with van der Waals surface area (Å²) < 4.78 is 36.5. The van der Waals surface area contributed by atoms with Gasteiger partial charge < -0.3 is 5.32 Å². The quantitative estimate of drug-likeness (QED) is 0.839. The molecule has 1 aromatic carbocycles. The highest BCUT2D eigenvalue weighted by Crippen LogP contribution is 2.63. The minimum atomic E-state index is -4.40. The van der Waals surface area contributed by atoms with Gasteiger partial charge in [-0.1, -0.05) is 12.1 Å². The van der Waals surface area contributed by atoms with Gasteiger partial charge >= 0.3 is 6.18 Å². The van der Waals surface area contributed by atoms with Crippen molar-refractivity contribution in [2.45, 2.75) is 30.4 Å². The number of carbonyl (C=O) groups excluding carboxylic acids is 1. The molecule has 0 radical (unpaired) electrons. The molecule has 1 aromatic rings. The number of benzene rings is 1. The van der Waals surface area contributed by atoms with Crippen LogP contribution in [0.15, 0.2) is 24.3 Å². The van der Waals surface area contributed by atoms with Crippen molar-refractivity contribution in [2.24, 2.45) is 5.41 Å². The average Bonchev–Trinajstić information content (AvgIpc) is 2.86. The smallest absolute Gasteiger partial charge is 0.351 e. The normalized spacial score (nSPS) is 24.3. The van der Waals surface area contributed by atoms with Gasteiger partial charge in [-0.3, -0.25) is 4.79 Å². The Balaban J connectivity index is 2.00. The lowest BCUT2D eigenvalue weighted by Crippen LogP contribution is -2.32. The molecule has 2 rings (SSSR count). The fourth-order valence-electron chi connectivity index (χ4n) is 1.88. The van der Waals surface area contributed by atoms with Crippen molar-refractivity contribution in [3.63, 3.8) is 0 Å². The van der Waals surface area contributed by atoms with Crippen molar-refractivity contribution in [1.29, 1.82) is 0 Å². The van der Waals surface area contributed by atoms with Crippen LogP contribution in [0.1, 0.15) is 24.5 Å². The molecule has 1 saturated carbocycles. The van der Waals surface area contributed by atoms with Crippen LogP contribution in [-0.2, 0) is 17.5 Å². The summed E-state index contributed by atoms with van der Waals surface area (Å²) in [4.78, 5) is 11.9. The molecule has 110 valence electrons. The second kappa shape index (κ2) is 4.81. The molecule has 2 nitrogen and oxygen atoms in total. The monoisotopic (exact) mass is 325 g/mol. The third-order valence-corrected chi connectivity index (χ3v) is 4.57. The second-order valence-electron chi connectivity index (χ2n) is 5.09. The van der Waals surface area contributed by atoms with Gasteiger partial charge in [-0.25, -0.2) is 0 Å². The Labute approximate surface area is 124 Å². The van der Waals surface area contributed by atoms with Gasteiger partial charge in [0.25, 0.3) is 0 Å². The van der Waals surface area contributed by atoms with Crippen LogP contribution in [-0.4, -0.2) is 10.2 Å². The molecule has 1 N–H and O–H groups in total. The van der Waals surface area contributed by atoms with Gasteiger partial charge in [0, 0.05) is 6.54 Å². The minimum absolute atomic E-state index is 0.00218. The molecule has 0 saturated heterocycles. The molecule has 1 fully saturated rings. The zero-order valence-electron chi connectivity index (χ0n) is 10.5. The predicted octanol–water partition coefficient (Wildman–Crippen LogP) is 3.91. The summed E-state index contributed by atoms with van der Waals surface area (Å²) >= 11 is 11.7. The molecule has 0 unspecified atom stereocenters. The highest BCUT2D eigenvalue weighted by atomic mass is 35.5. The first-order valence-corrected chi connectivity index (χ1v) is 6.64. The number of halogens is 5. The van der Waals surface area contributed by atoms with E-state index in [0.717, 1.165) is 12.1 Å². The molecule has 1 aliphatic rings. The number of rotatable bonds is 3. The van der Waals surface area contributed by atoms with Crippen LogP contribution in [0.5, 0.6) is 0 Å². The van der Waals surface area contributed by atoms with E-state index in [0.29, 0.717) is 12.0 Å². The maximum absolute atomic E-state index is 12.5. The lowest BCUT2D eigenvalue weighted by molar-refractivity contribution is -0.137. The van der Waals surface area contributed by atoms with Crippen molar-refractivity contribution in [3.8, 4) is 0 Å². The Morgan fingerprint density at radius 2 is 2.00 bits per heavy atom. The van der Waals surface area contributed by atoms with Crippen molar-refractivity contribution in [2.75, 3.05) is 0 Å². The Hall–Kier alpha value is -0.940. The summed E-state index contributed by atoms with van der Waals surface area (Å²) in [6.07, 6.45) is -4.07. The number of hydrogen-bond donors (Lipinski definition) is 1. The summed E-state index contributed by atoms with van der Waals surface area (Å²) in [5, 5.41) is 2.56. The molecule has 20 heavy (non-hydrogen) atoms. The van der Waals surface area contributed by atoms with Crippen LogP contribution in [0.2, 0.25) is 0 Å². The third-order valence-electron chi connectivity index (χ3n) is 3.47. The Bertz CT molecular complexity index is 545. The van der Waals surface area contributed by atoms with Gasteiger partial charge in [-0.2, -0.15) is 13.2 Å². The number of alkyl halides is 5. The van der Waals surface area contributed by atoms with Crippen molar-refractivity contribution >= 4 is 29.1 Å². The zero-order chi connectivity index (χ0) is 15.2. The van der Waals surface area contributed by atoms with E-state index < -0.39 is 21.5 Å². The van der Waals surface area contributed by atoms with E-state index in [1.807, 2.05) is 0 Å². The molecule has 1 aliphatic carbocycles. The summed E-state index contributed by atoms with van der Waals surface area (Å²) in [5.74, 6) is -0.361. The van der Waals surface area contributed by atoms with E-state index in [1.54, 1.807) is 6.92 Å². The van der Waals surface area contributed by atoms with E-state index in [-0.39, 0.29) is 12.5 Å². The zero-order valence-corrected chi connectivity index (χ0v) is 12.0. The molecule has 0 bridgehead atoms. The first-order valence-electron chi connectivity index (χ1n) is 5.88. The molecule has 0 spiro atoms. The molecule has 1 amide bonds. The van der Waals surface area contributed by atoms with Gasteiger partial charge in [-0.15, -0.1) is 23.2 Å².